The number of carbonyl (C=O) groups is 1. The molecule has 2 N–H and O–H groups in total. The van der Waals surface area contributed by atoms with Gasteiger partial charge in [-0.2, -0.15) is 0 Å². The van der Waals surface area contributed by atoms with E-state index in [1.165, 1.54) is 25.7 Å². The zero-order chi connectivity index (χ0) is 9.97. The topological polar surface area (TPSA) is 58.6 Å². The van der Waals surface area contributed by atoms with Crippen LogP contribution in [0.4, 0.5) is 4.79 Å². The minimum Gasteiger partial charge on any atom is -0.450 e. The zero-order valence-corrected chi connectivity index (χ0v) is 9.46. The molecule has 0 aromatic rings. The van der Waals surface area contributed by atoms with E-state index in [1.54, 1.807) is 0 Å². The van der Waals surface area contributed by atoms with E-state index >= 15 is 0 Å². The van der Waals surface area contributed by atoms with Crippen LogP contribution < -0.4 is 5.32 Å². The fourth-order valence-electron chi connectivity index (χ4n) is 2.70. The molecule has 1 aliphatic heterocycles. The van der Waals surface area contributed by atoms with Gasteiger partial charge in [-0.3, -0.25) is 5.32 Å². The molecule has 5 heteroatoms. The number of carboxylic acid groups (broad SMARTS) is 1. The molecule has 2 rings (SSSR count). The van der Waals surface area contributed by atoms with Gasteiger partial charge in [0.05, 0.1) is 0 Å². The van der Waals surface area contributed by atoms with E-state index in [0.717, 1.165) is 18.8 Å². The summed E-state index contributed by atoms with van der Waals surface area (Å²) in [7, 11) is 0. The van der Waals surface area contributed by atoms with Crippen LogP contribution in [0, 0.1) is 5.92 Å². The first-order valence-corrected chi connectivity index (χ1v) is 5.41. The van der Waals surface area contributed by atoms with Crippen LogP contribution >= 0.6 is 12.4 Å². The van der Waals surface area contributed by atoms with Crippen molar-refractivity contribution in [3.63, 3.8) is 0 Å². The average Bonchev–Trinajstić information content (AvgIpc) is 2.44. The Hall–Kier alpha value is -0.480. The van der Waals surface area contributed by atoms with Crippen molar-refractivity contribution in [3.05, 3.63) is 0 Å². The lowest BCUT2D eigenvalue weighted by Crippen LogP contribution is -2.40. The Kier molecular flexibility index (Phi) is 4.67. The quantitative estimate of drug-likeness (QED) is 0.685. The molecule has 4 nitrogen and oxygen atoms in total. The molecule has 1 heterocycles. The summed E-state index contributed by atoms with van der Waals surface area (Å²) in [5, 5.41) is 11.8. The van der Waals surface area contributed by atoms with Crippen molar-refractivity contribution >= 4 is 18.6 Å². The van der Waals surface area contributed by atoms with Crippen LogP contribution in [-0.2, 0) is 4.74 Å². The fraction of sp³-hybridized carbons (Fsp3) is 0.900. The molecule has 0 aromatic carbocycles. The van der Waals surface area contributed by atoms with Crippen molar-refractivity contribution in [1.82, 2.24) is 5.32 Å². The minimum absolute atomic E-state index is 0. The standard InChI is InChI=1S/C10H17NO3.ClH/c12-10(13)14-9-6-2-4-7-3-1-5-8(7)11-9;/h7-9,11H,1-6H2,(H,12,13);1H. The highest BCUT2D eigenvalue weighted by Gasteiger charge is 2.32. The molecule has 2 fully saturated rings. The Balaban J connectivity index is 0.00000112. The number of rotatable bonds is 1. The maximum absolute atomic E-state index is 10.4. The fourth-order valence-corrected chi connectivity index (χ4v) is 2.70. The van der Waals surface area contributed by atoms with Gasteiger partial charge in [0.2, 0.25) is 0 Å². The van der Waals surface area contributed by atoms with Gasteiger partial charge in [-0.15, -0.1) is 12.4 Å². The smallest absolute Gasteiger partial charge is 0.450 e. The van der Waals surface area contributed by atoms with Gasteiger partial charge in [-0.05, 0) is 38.0 Å². The van der Waals surface area contributed by atoms with E-state index in [2.05, 4.69) is 5.32 Å². The molecule has 3 unspecified atom stereocenters. The Morgan fingerprint density at radius 3 is 2.53 bits per heavy atom. The first kappa shape index (κ1) is 12.6. The molecule has 0 radical (unpaired) electrons. The van der Waals surface area contributed by atoms with Crippen molar-refractivity contribution in [3.8, 4) is 0 Å². The van der Waals surface area contributed by atoms with E-state index in [4.69, 9.17) is 9.84 Å². The van der Waals surface area contributed by atoms with E-state index in [-0.39, 0.29) is 18.6 Å². The normalized spacial score (nSPS) is 34.8. The van der Waals surface area contributed by atoms with Crippen LogP contribution in [0.2, 0.25) is 0 Å². The van der Waals surface area contributed by atoms with Crippen LogP contribution in [-0.4, -0.2) is 23.5 Å². The largest absolute Gasteiger partial charge is 0.507 e. The highest BCUT2D eigenvalue weighted by atomic mass is 35.5. The summed E-state index contributed by atoms with van der Waals surface area (Å²) in [6, 6.07) is 0.488. The van der Waals surface area contributed by atoms with Gasteiger partial charge in [-0.25, -0.2) is 4.79 Å². The highest BCUT2D eigenvalue weighted by molar-refractivity contribution is 5.85. The van der Waals surface area contributed by atoms with Gasteiger partial charge >= 0.3 is 6.16 Å². The van der Waals surface area contributed by atoms with Crippen LogP contribution in [0.15, 0.2) is 0 Å². The van der Waals surface area contributed by atoms with Gasteiger partial charge in [0.1, 0.15) is 0 Å². The lowest BCUT2D eigenvalue weighted by Gasteiger charge is -2.21. The highest BCUT2D eigenvalue weighted by Crippen LogP contribution is 2.32. The first-order valence-electron chi connectivity index (χ1n) is 5.41. The second-order valence-electron chi connectivity index (χ2n) is 4.27. The van der Waals surface area contributed by atoms with Crippen molar-refractivity contribution in [2.24, 2.45) is 5.92 Å². The van der Waals surface area contributed by atoms with Crippen LogP contribution in [0.1, 0.15) is 38.5 Å². The average molecular weight is 236 g/mol. The van der Waals surface area contributed by atoms with E-state index < -0.39 is 6.16 Å². The zero-order valence-electron chi connectivity index (χ0n) is 8.65. The Morgan fingerprint density at radius 2 is 1.87 bits per heavy atom. The molecular formula is C10H18ClNO3. The van der Waals surface area contributed by atoms with Crippen LogP contribution in [0.3, 0.4) is 0 Å². The Morgan fingerprint density at radius 1 is 1.20 bits per heavy atom. The number of nitrogens with one attached hydrogen (secondary N) is 1. The van der Waals surface area contributed by atoms with Crippen LogP contribution in [0.5, 0.6) is 0 Å². The molecule has 2 aliphatic rings. The lowest BCUT2D eigenvalue weighted by molar-refractivity contribution is 0.0294. The van der Waals surface area contributed by atoms with E-state index in [1.807, 2.05) is 0 Å². The van der Waals surface area contributed by atoms with Crippen molar-refractivity contribution in [1.29, 1.82) is 0 Å². The Labute approximate surface area is 95.8 Å². The van der Waals surface area contributed by atoms with Gasteiger partial charge in [0.25, 0.3) is 0 Å². The number of fused-ring (bicyclic) bond motifs is 1. The molecule has 3 atom stereocenters. The molecule has 1 saturated heterocycles. The summed E-state index contributed by atoms with van der Waals surface area (Å²) in [5.74, 6) is 0.748. The monoisotopic (exact) mass is 235 g/mol. The second-order valence-corrected chi connectivity index (χ2v) is 4.27. The van der Waals surface area contributed by atoms with Crippen molar-refractivity contribution in [2.75, 3.05) is 0 Å². The third kappa shape index (κ3) is 3.24. The maximum Gasteiger partial charge on any atom is 0.507 e. The third-order valence-electron chi connectivity index (χ3n) is 3.34. The van der Waals surface area contributed by atoms with E-state index in [0.29, 0.717) is 6.04 Å². The molecular weight excluding hydrogens is 218 g/mol. The first-order chi connectivity index (χ1) is 6.75. The summed E-state index contributed by atoms with van der Waals surface area (Å²) in [6.45, 7) is 0. The van der Waals surface area contributed by atoms with Crippen LogP contribution in [0.25, 0.3) is 0 Å². The lowest BCUT2D eigenvalue weighted by atomic mass is 9.99. The summed E-state index contributed by atoms with van der Waals surface area (Å²) in [4.78, 5) is 10.4. The third-order valence-corrected chi connectivity index (χ3v) is 3.34. The van der Waals surface area contributed by atoms with E-state index in [9.17, 15) is 4.79 Å². The summed E-state index contributed by atoms with van der Waals surface area (Å²) in [6.07, 6.45) is 5.39. The molecule has 1 aliphatic carbocycles. The predicted octanol–water partition coefficient (Wildman–Crippen LogP) is 2.37. The summed E-state index contributed by atoms with van der Waals surface area (Å²) < 4.78 is 4.78. The minimum atomic E-state index is -1.17. The molecule has 15 heavy (non-hydrogen) atoms. The summed E-state index contributed by atoms with van der Waals surface area (Å²) in [5.41, 5.74) is 0. The van der Waals surface area contributed by atoms with Gasteiger partial charge < -0.3 is 9.84 Å². The molecule has 0 spiro atoms. The van der Waals surface area contributed by atoms with Crippen molar-refractivity contribution in [2.45, 2.75) is 50.8 Å². The Bertz CT molecular complexity index is 225. The molecule has 0 amide bonds. The number of ether oxygens (including phenoxy) is 1. The van der Waals surface area contributed by atoms with Gasteiger partial charge in [0.15, 0.2) is 6.23 Å². The maximum atomic E-state index is 10.4. The molecule has 88 valence electrons. The van der Waals surface area contributed by atoms with Gasteiger partial charge in [-0.1, -0.05) is 6.42 Å². The molecule has 1 saturated carbocycles. The number of halogens is 1. The van der Waals surface area contributed by atoms with Gasteiger partial charge in [0, 0.05) is 6.04 Å². The molecule has 0 bridgehead atoms. The second kappa shape index (κ2) is 5.56. The number of hydrogen-bond acceptors (Lipinski definition) is 3. The summed E-state index contributed by atoms with van der Waals surface area (Å²) >= 11 is 0. The predicted molar refractivity (Wildman–Crippen MR) is 58.3 cm³/mol. The SMILES string of the molecule is Cl.O=C(O)OC1CCCC2CCCC2N1. The number of hydrogen-bond donors (Lipinski definition) is 2. The van der Waals surface area contributed by atoms with Crippen molar-refractivity contribution < 1.29 is 14.6 Å². The molecule has 0 aromatic heterocycles.